The van der Waals surface area contributed by atoms with Crippen LogP contribution in [0.2, 0.25) is 0 Å². The Kier molecular flexibility index (Phi) is 3.81. The van der Waals surface area contributed by atoms with E-state index < -0.39 is 0 Å². The monoisotopic (exact) mass is 274 g/mol. The van der Waals surface area contributed by atoms with Crippen molar-refractivity contribution in [2.45, 2.75) is 45.1 Å². The van der Waals surface area contributed by atoms with E-state index in [1.165, 1.54) is 6.42 Å². The van der Waals surface area contributed by atoms with E-state index in [-0.39, 0.29) is 11.9 Å². The molecule has 2 aliphatic rings. The van der Waals surface area contributed by atoms with E-state index in [0.29, 0.717) is 6.61 Å². The van der Waals surface area contributed by atoms with Gasteiger partial charge in [-0.25, -0.2) is 0 Å². The first-order chi connectivity index (χ1) is 9.81. The van der Waals surface area contributed by atoms with Crippen LogP contribution in [0.1, 0.15) is 39.0 Å². The SMILES string of the molecule is CCCOc1cccc2c1NC(=O)C1CCCCCN21. The minimum absolute atomic E-state index is 0.00794. The molecule has 1 unspecified atom stereocenters. The average molecular weight is 274 g/mol. The van der Waals surface area contributed by atoms with Gasteiger partial charge in [0.2, 0.25) is 5.91 Å². The first kappa shape index (κ1) is 13.3. The van der Waals surface area contributed by atoms with Crippen molar-refractivity contribution in [2.75, 3.05) is 23.4 Å². The maximum atomic E-state index is 12.4. The van der Waals surface area contributed by atoms with Crippen molar-refractivity contribution in [3.05, 3.63) is 18.2 Å². The molecule has 1 aromatic carbocycles. The lowest BCUT2D eigenvalue weighted by atomic mass is 10.0. The Morgan fingerprint density at radius 3 is 3.10 bits per heavy atom. The molecule has 0 aromatic heterocycles. The van der Waals surface area contributed by atoms with Crippen LogP contribution in [0.25, 0.3) is 0 Å². The van der Waals surface area contributed by atoms with Crippen molar-refractivity contribution in [1.82, 2.24) is 0 Å². The van der Waals surface area contributed by atoms with E-state index in [0.717, 1.165) is 49.4 Å². The summed E-state index contributed by atoms with van der Waals surface area (Å²) in [7, 11) is 0. The number of rotatable bonds is 3. The Morgan fingerprint density at radius 1 is 1.35 bits per heavy atom. The van der Waals surface area contributed by atoms with Gasteiger partial charge >= 0.3 is 0 Å². The number of hydrogen-bond donors (Lipinski definition) is 1. The molecule has 2 aliphatic heterocycles. The van der Waals surface area contributed by atoms with E-state index in [1.54, 1.807) is 0 Å². The minimum atomic E-state index is -0.00794. The number of nitrogens with zero attached hydrogens (tertiary/aromatic N) is 1. The van der Waals surface area contributed by atoms with Crippen LogP contribution in [-0.4, -0.2) is 25.1 Å². The summed E-state index contributed by atoms with van der Waals surface area (Å²) >= 11 is 0. The Bertz CT molecular complexity index is 501. The van der Waals surface area contributed by atoms with Crippen molar-refractivity contribution < 1.29 is 9.53 Å². The van der Waals surface area contributed by atoms with Crippen molar-refractivity contribution in [3.8, 4) is 5.75 Å². The van der Waals surface area contributed by atoms with Crippen molar-refractivity contribution in [1.29, 1.82) is 0 Å². The van der Waals surface area contributed by atoms with Crippen molar-refractivity contribution in [3.63, 3.8) is 0 Å². The molecular weight excluding hydrogens is 252 g/mol. The normalized spacial score (nSPS) is 21.6. The van der Waals surface area contributed by atoms with Gasteiger partial charge in [0.15, 0.2) is 0 Å². The van der Waals surface area contributed by atoms with E-state index in [9.17, 15) is 4.79 Å². The first-order valence-corrected chi connectivity index (χ1v) is 7.64. The molecule has 20 heavy (non-hydrogen) atoms. The Balaban J connectivity index is 1.96. The van der Waals surface area contributed by atoms with Crippen LogP contribution >= 0.6 is 0 Å². The number of fused-ring (bicyclic) bond motifs is 3. The molecule has 0 aliphatic carbocycles. The Labute approximate surface area is 120 Å². The van der Waals surface area contributed by atoms with Gasteiger partial charge in [-0.3, -0.25) is 4.79 Å². The number of hydrogen-bond acceptors (Lipinski definition) is 3. The summed E-state index contributed by atoms with van der Waals surface area (Å²) in [6, 6.07) is 6.04. The lowest BCUT2D eigenvalue weighted by molar-refractivity contribution is -0.117. The molecule has 3 rings (SSSR count). The summed E-state index contributed by atoms with van der Waals surface area (Å²) in [4.78, 5) is 14.6. The first-order valence-electron chi connectivity index (χ1n) is 7.64. The predicted octanol–water partition coefficient (Wildman–Crippen LogP) is 3.18. The van der Waals surface area contributed by atoms with Gasteiger partial charge in [-0.05, 0) is 31.4 Å². The number of para-hydroxylation sites is 1. The minimum Gasteiger partial charge on any atom is -0.491 e. The van der Waals surface area contributed by atoms with Crippen molar-refractivity contribution >= 4 is 17.3 Å². The summed E-state index contributed by atoms with van der Waals surface area (Å²) in [6.07, 6.45) is 5.41. The van der Waals surface area contributed by atoms with Crippen LogP contribution in [0, 0.1) is 0 Å². The molecule has 1 N–H and O–H groups in total. The molecule has 4 heteroatoms. The van der Waals surface area contributed by atoms with E-state index in [4.69, 9.17) is 4.74 Å². The highest BCUT2D eigenvalue weighted by Gasteiger charge is 2.34. The van der Waals surface area contributed by atoms with Gasteiger partial charge in [-0.2, -0.15) is 0 Å². The summed E-state index contributed by atoms with van der Waals surface area (Å²) in [6.45, 7) is 3.72. The summed E-state index contributed by atoms with van der Waals surface area (Å²) in [5.41, 5.74) is 1.97. The van der Waals surface area contributed by atoms with E-state index in [2.05, 4.69) is 23.2 Å². The molecule has 1 aromatic rings. The van der Waals surface area contributed by atoms with Crippen LogP contribution in [0.3, 0.4) is 0 Å². The quantitative estimate of drug-likeness (QED) is 0.920. The molecule has 0 radical (unpaired) electrons. The highest BCUT2D eigenvalue weighted by Crippen LogP contribution is 2.41. The second-order valence-corrected chi connectivity index (χ2v) is 5.55. The summed E-state index contributed by atoms with van der Waals surface area (Å²) in [5, 5.41) is 3.06. The maximum absolute atomic E-state index is 12.4. The van der Waals surface area contributed by atoms with Crippen LogP contribution < -0.4 is 15.0 Å². The number of amides is 1. The third-order valence-electron chi connectivity index (χ3n) is 4.08. The molecule has 0 bridgehead atoms. The van der Waals surface area contributed by atoms with Crippen LogP contribution in [-0.2, 0) is 4.79 Å². The standard InChI is InChI=1S/C16H22N2O2/c1-2-11-20-14-9-6-8-12-15(14)17-16(19)13-7-4-3-5-10-18(12)13/h6,8-9,13H,2-5,7,10-11H2,1H3,(H,17,19). The highest BCUT2D eigenvalue weighted by molar-refractivity contribution is 6.05. The summed E-state index contributed by atoms with van der Waals surface area (Å²) in [5.74, 6) is 0.910. The predicted molar refractivity (Wildman–Crippen MR) is 80.5 cm³/mol. The number of nitrogens with one attached hydrogen (secondary N) is 1. The molecule has 1 amide bonds. The van der Waals surface area contributed by atoms with Gasteiger partial charge in [-0.15, -0.1) is 0 Å². The van der Waals surface area contributed by atoms with E-state index in [1.807, 2.05) is 12.1 Å². The lowest BCUT2D eigenvalue weighted by Crippen LogP contribution is -2.47. The van der Waals surface area contributed by atoms with Crippen molar-refractivity contribution in [2.24, 2.45) is 0 Å². The fraction of sp³-hybridized carbons (Fsp3) is 0.562. The van der Waals surface area contributed by atoms with Gasteiger partial charge in [0, 0.05) is 6.54 Å². The second kappa shape index (κ2) is 5.73. The molecule has 0 saturated carbocycles. The number of ether oxygens (including phenoxy) is 1. The fourth-order valence-electron chi connectivity index (χ4n) is 3.09. The van der Waals surface area contributed by atoms with Gasteiger partial charge in [-0.1, -0.05) is 25.8 Å². The zero-order valence-corrected chi connectivity index (χ0v) is 12.0. The molecule has 4 nitrogen and oxygen atoms in total. The summed E-state index contributed by atoms with van der Waals surface area (Å²) < 4.78 is 5.77. The molecule has 0 spiro atoms. The molecule has 2 heterocycles. The smallest absolute Gasteiger partial charge is 0.247 e. The fourth-order valence-corrected chi connectivity index (χ4v) is 3.09. The second-order valence-electron chi connectivity index (χ2n) is 5.55. The van der Waals surface area contributed by atoms with Gasteiger partial charge in [0.05, 0.1) is 12.3 Å². The molecule has 1 atom stereocenters. The Hall–Kier alpha value is -1.71. The van der Waals surface area contributed by atoms with Crippen LogP contribution in [0.5, 0.6) is 5.75 Å². The molecule has 1 fully saturated rings. The molecular formula is C16H22N2O2. The third-order valence-corrected chi connectivity index (χ3v) is 4.08. The lowest BCUT2D eigenvalue weighted by Gasteiger charge is -2.37. The Morgan fingerprint density at radius 2 is 2.25 bits per heavy atom. The van der Waals surface area contributed by atoms with E-state index >= 15 is 0 Å². The number of carbonyl (C=O) groups excluding carboxylic acids is 1. The zero-order valence-electron chi connectivity index (χ0n) is 12.0. The maximum Gasteiger partial charge on any atom is 0.247 e. The highest BCUT2D eigenvalue weighted by atomic mass is 16.5. The zero-order chi connectivity index (χ0) is 13.9. The van der Waals surface area contributed by atoms with Gasteiger partial charge < -0.3 is 15.0 Å². The molecule has 1 saturated heterocycles. The number of benzene rings is 1. The number of carbonyl (C=O) groups is 1. The largest absolute Gasteiger partial charge is 0.491 e. The average Bonchev–Trinajstić information content (AvgIpc) is 2.72. The number of anilines is 2. The van der Waals surface area contributed by atoms with Crippen LogP contribution in [0.4, 0.5) is 11.4 Å². The van der Waals surface area contributed by atoms with Gasteiger partial charge in [0.1, 0.15) is 17.5 Å². The van der Waals surface area contributed by atoms with Crippen LogP contribution in [0.15, 0.2) is 18.2 Å². The van der Waals surface area contributed by atoms with Gasteiger partial charge in [0.25, 0.3) is 0 Å². The topological polar surface area (TPSA) is 41.6 Å². The molecule has 108 valence electrons. The third kappa shape index (κ3) is 2.35.